The maximum Gasteiger partial charge on any atom is 0.241 e. The molecule has 4 atom stereocenters. The minimum Gasteiger partial charge on any atom is -0.371 e. The van der Waals surface area contributed by atoms with Gasteiger partial charge in [-0.15, -0.1) is 5.10 Å². The summed E-state index contributed by atoms with van der Waals surface area (Å²) in [6.45, 7) is 0.538. The summed E-state index contributed by atoms with van der Waals surface area (Å²) in [5, 5.41) is 14.0. The van der Waals surface area contributed by atoms with Gasteiger partial charge in [0.25, 0.3) is 0 Å². The minimum absolute atomic E-state index is 0.210. The predicted octanol–water partition coefficient (Wildman–Crippen LogP) is 2.18. The van der Waals surface area contributed by atoms with Crippen LogP contribution in [0, 0.1) is 0 Å². The third kappa shape index (κ3) is 3.61. The van der Waals surface area contributed by atoms with Gasteiger partial charge in [-0.2, -0.15) is 0 Å². The summed E-state index contributed by atoms with van der Waals surface area (Å²) in [4.78, 5) is 0.214. The molecule has 2 fully saturated rings. The molecule has 3 heterocycles. The van der Waals surface area contributed by atoms with Crippen LogP contribution in [0.1, 0.15) is 6.04 Å². The van der Waals surface area contributed by atoms with Crippen molar-refractivity contribution in [3.05, 3.63) is 72.8 Å². The largest absolute Gasteiger partial charge is 0.371 e. The Morgan fingerprint density at radius 1 is 0.879 bits per heavy atom. The lowest BCUT2D eigenvalue weighted by Crippen LogP contribution is -2.44. The summed E-state index contributed by atoms with van der Waals surface area (Å²) < 4.78 is 42.7. The number of hydrogen-bond acceptors (Lipinski definition) is 7. The highest BCUT2D eigenvalue weighted by Crippen LogP contribution is 2.36. The number of fused-ring (bicyclic) bond motifs is 2. The normalized spacial score (nSPS) is 24.8. The molecule has 0 unspecified atom stereocenters. The number of rotatable bonds is 5. The van der Waals surface area contributed by atoms with E-state index in [-0.39, 0.29) is 23.6 Å². The van der Waals surface area contributed by atoms with E-state index in [2.05, 4.69) is 20.2 Å². The maximum absolute atomic E-state index is 13.1. The van der Waals surface area contributed by atoms with Gasteiger partial charge >= 0.3 is 0 Å². The van der Waals surface area contributed by atoms with Crippen LogP contribution in [0.15, 0.2) is 77.7 Å². The van der Waals surface area contributed by atoms with Crippen LogP contribution >= 0.6 is 0 Å². The molecule has 6 rings (SSSR count). The first-order valence-corrected chi connectivity index (χ1v) is 12.2. The van der Waals surface area contributed by atoms with Gasteiger partial charge in [-0.25, -0.2) is 17.8 Å². The summed E-state index contributed by atoms with van der Waals surface area (Å²) in [5.41, 5.74) is 0.887. The highest BCUT2D eigenvalue weighted by atomic mass is 32.2. The molecule has 0 radical (unpaired) electrons. The standard InChI is InChI=1S/C23H21N5O4S/c29-33(30,18-11-10-15-6-4-5-9-17(15)12-18)25-19-13-31-22-20(14-32-21(19)22)28-23(24-26-27-28)16-7-2-1-3-8-16/h1-12,19-22,25H,13-14H2/t19-,20+,21-,22+/m0/s1. The number of nitrogens with zero attached hydrogens (tertiary/aromatic N) is 4. The summed E-state index contributed by atoms with van der Waals surface area (Å²) in [5.74, 6) is 0.619. The molecule has 10 heteroatoms. The monoisotopic (exact) mass is 463 g/mol. The average molecular weight is 464 g/mol. The van der Waals surface area contributed by atoms with Gasteiger partial charge in [-0.05, 0) is 33.3 Å². The van der Waals surface area contributed by atoms with Gasteiger partial charge in [0.15, 0.2) is 5.82 Å². The van der Waals surface area contributed by atoms with Crippen molar-refractivity contribution in [3.63, 3.8) is 0 Å². The Balaban J connectivity index is 1.23. The van der Waals surface area contributed by atoms with E-state index in [9.17, 15) is 8.42 Å². The Kier molecular flexibility index (Phi) is 4.95. The van der Waals surface area contributed by atoms with Crippen molar-refractivity contribution in [1.29, 1.82) is 0 Å². The molecular weight excluding hydrogens is 442 g/mol. The maximum atomic E-state index is 13.1. The zero-order valence-corrected chi connectivity index (χ0v) is 18.3. The molecule has 2 aliphatic heterocycles. The molecule has 0 aliphatic carbocycles. The number of ether oxygens (including phenoxy) is 2. The summed E-state index contributed by atoms with van der Waals surface area (Å²) in [6, 6.07) is 21.6. The van der Waals surface area contributed by atoms with Crippen molar-refractivity contribution in [2.45, 2.75) is 29.2 Å². The van der Waals surface area contributed by atoms with Gasteiger partial charge in [0.05, 0.1) is 24.2 Å². The Morgan fingerprint density at radius 3 is 2.48 bits per heavy atom. The number of aromatic nitrogens is 4. The molecule has 168 valence electrons. The van der Waals surface area contributed by atoms with E-state index in [4.69, 9.17) is 9.47 Å². The Morgan fingerprint density at radius 2 is 1.64 bits per heavy atom. The van der Waals surface area contributed by atoms with Crippen LogP contribution in [0.2, 0.25) is 0 Å². The SMILES string of the molecule is O=S(=O)(N[C@H]1CO[C@H]2[C@H]1OC[C@H]2n1nnnc1-c1ccccc1)c1ccc2ccccc2c1. The molecule has 0 amide bonds. The van der Waals surface area contributed by atoms with Crippen LogP contribution in [0.4, 0.5) is 0 Å². The molecule has 4 aromatic rings. The van der Waals surface area contributed by atoms with Crippen LogP contribution in [0.3, 0.4) is 0 Å². The summed E-state index contributed by atoms with van der Waals surface area (Å²) in [7, 11) is -3.75. The van der Waals surface area contributed by atoms with Crippen molar-refractivity contribution in [2.75, 3.05) is 13.2 Å². The second-order valence-corrected chi connectivity index (χ2v) is 9.93. The summed E-state index contributed by atoms with van der Waals surface area (Å²) in [6.07, 6.45) is -0.793. The van der Waals surface area contributed by atoms with Crippen molar-refractivity contribution >= 4 is 20.8 Å². The third-order valence-corrected chi connectivity index (χ3v) is 7.69. The zero-order chi connectivity index (χ0) is 22.4. The van der Waals surface area contributed by atoms with Gasteiger partial charge in [0, 0.05) is 5.56 Å². The van der Waals surface area contributed by atoms with Crippen LogP contribution < -0.4 is 4.72 Å². The number of hydrogen-bond donors (Lipinski definition) is 1. The van der Waals surface area contributed by atoms with Gasteiger partial charge in [-0.1, -0.05) is 60.7 Å². The van der Waals surface area contributed by atoms with Crippen LogP contribution in [-0.4, -0.2) is 60.1 Å². The van der Waals surface area contributed by atoms with E-state index >= 15 is 0 Å². The molecule has 33 heavy (non-hydrogen) atoms. The quantitative estimate of drug-likeness (QED) is 0.483. The first-order chi connectivity index (χ1) is 16.1. The molecule has 3 aromatic carbocycles. The van der Waals surface area contributed by atoms with E-state index in [1.54, 1.807) is 16.8 Å². The lowest BCUT2D eigenvalue weighted by molar-refractivity contribution is 0.0626. The predicted molar refractivity (Wildman–Crippen MR) is 120 cm³/mol. The fourth-order valence-corrected chi connectivity index (χ4v) is 5.85. The Labute approximate surface area is 190 Å². The number of tetrazole rings is 1. The van der Waals surface area contributed by atoms with Crippen molar-refractivity contribution in [1.82, 2.24) is 24.9 Å². The van der Waals surface area contributed by atoms with E-state index in [1.165, 1.54) is 0 Å². The molecule has 1 N–H and O–H groups in total. The highest BCUT2D eigenvalue weighted by molar-refractivity contribution is 7.89. The third-order valence-electron chi connectivity index (χ3n) is 6.20. The minimum atomic E-state index is -3.75. The van der Waals surface area contributed by atoms with E-state index in [0.29, 0.717) is 12.4 Å². The lowest BCUT2D eigenvalue weighted by Gasteiger charge is -2.18. The van der Waals surface area contributed by atoms with Gasteiger partial charge in [0.2, 0.25) is 10.0 Å². The second-order valence-electron chi connectivity index (χ2n) is 8.21. The molecular formula is C23H21N5O4S. The Bertz CT molecular complexity index is 1410. The van der Waals surface area contributed by atoms with E-state index in [0.717, 1.165) is 16.3 Å². The van der Waals surface area contributed by atoms with Gasteiger partial charge in [0.1, 0.15) is 18.2 Å². The lowest BCUT2D eigenvalue weighted by atomic mass is 10.1. The smallest absolute Gasteiger partial charge is 0.241 e. The van der Waals surface area contributed by atoms with Crippen LogP contribution in [0.25, 0.3) is 22.2 Å². The first kappa shape index (κ1) is 20.4. The number of nitrogens with one attached hydrogen (secondary N) is 1. The number of benzene rings is 3. The second kappa shape index (κ2) is 7.99. The van der Waals surface area contributed by atoms with Crippen molar-refractivity contribution in [3.8, 4) is 11.4 Å². The first-order valence-electron chi connectivity index (χ1n) is 10.7. The molecule has 0 bridgehead atoms. The van der Waals surface area contributed by atoms with E-state index < -0.39 is 22.2 Å². The Hall–Kier alpha value is -3.18. The van der Waals surface area contributed by atoms with Crippen LogP contribution in [-0.2, 0) is 19.5 Å². The highest BCUT2D eigenvalue weighted by Gasteiger charge is 2.50. The average Bonchev–Trinajstić information content (AvgIpc) is 3.57. The molecule has 0 spiro atoms. The van der Waals surface area contributed by atoms with Gasteiger partial charge in [-0.3, -0.25) is 0 Å². The molecule has 0 saturated carbocycles. The topological polar surface area (TPSA) is 108 Å². The van der Waals surface area contributed by atoms with Crippen molar-refractivity contribution in [2.24, 2.45) is 0 Å². The molecule has 1 aromatic heterocycles. The number of sulfonamides is 1. The molecule has 2 saturated heterocycles. The van der Waals surface area contributed by atoms with Crippen molar-refractivity contribution < 1.29 is 17.9 Å². The molecule has 2 aliphatic rings. The molecule has 9 nitrogen and oxygen atoms in total. The zero-order valence-electron chi connectivity index (χ0n) is 17.5. The summed E-state index contributed by atoms with van der Waals surface area (Å²) >= 11 is 0. The van der Waals surface area contributed by atoms with Crippen LogP contribution in [0.5, 0.6) is 0 Å². The fraction of sp³-hybridized carbons (Fsp3) is 0.261. The van der Waals surface area contributed by atoms with Gasteiger partial charge < -0.3 is 9.47 Å². The fourth-order valence-electron chi connectivity index (χ4n) is 4.59. The van der Waals surface area contributed by atoms with E-state index in [1.807, 2.05) is 60.7 Å².